The van der Waals surface area contributed by atoms with Crippen molar-refractivity contribution in [3.63, 3.8) is 0 Å². The summed E-state index contributed by atoms with van der Waals surface area (Å²) in [5, 5.41) is 0. The van der Waals surface area contributed by atoms with Crippen molar-refractivity contribution in [1.29, 1.82) is 0 Å². The van der Waals surface area contributed by atoms with Gasteiger partial charge in [-0.3, -0.25) is 19.7 Å². The molecule has 0 aromatic carbocycles. The summed E-state index contributed by atoms with van der Waals surface area (Å²) < 4.78 is 0. The monoisotopic (exact) mass is 305 g/mol. The number of carbonyl (C=O) groups is 1. The minimum Gasteiger partial charge on any atom is -0.295 e. The Morgan fingerprint density at radius 1 is 0.957 bits per heavy atom. The van der Waals surface area contributed by atoms with E-state index in [9.17, 15) is 4.79 Å². The van der Waals surface area contributed by atoms with E-state index in [4.69, 9.17) is 0 Å². The lowest BCUT2D eigenvalue weighted by Crippen LogP contribution is -2.37. The molecule has 2 aromatic rings. The molecule has 0 bridgehead atoms. The third kappa shape index (κ3) is 3.79. The van der Waals surface area contributed by atoms with Gasteiger partial charge in [0.15, 0.2) is 5.78 Å². The maximum absolute atomic E-state index is 12.8. The van der Waals surface area contributed by atoms with E-state index in [-0.39, 0.29) is 5.78 Å². The van der Waals surface area contributed by atoms with Crippen LogP contribution in [-0.2, 0) is 4.79 Å². The first-order valence-electron chi connectivity index (χ1n) is 7.76. The molecule has 4 nitrogen and oxygen atoms in total. The van der Waals surface area contributed by atoms with Gasteiger partial charge in [0.1, 0.15) is 0 Å². The van der Waals surface area contributed by atoms with Gasteiger partial charge in [0.25, 0.3) is 0 Å². The van der Waals surface area contributed by atoms with Crippen molar-refractivity contribution in [2.75, 3.05) is 19.6 Å². The van der Waals surface area contributed by atoms with Gasteiger partial charge in [-0.15, -0.1) is 0 Å². The van der Waals surface area contributed by atoms with Gasteiger partial charge in [-0.1, -0.05) is 19.1 Å². The number of Topliss-reactive ketones (excluding diaryl/α,β-unsaturated/α-hetero) is 1. The minimum absolute atomic E-state index is 0.0889. The van der Waals surface area contributed by atoms with Crippen molar-refractivity contribution < 1.29 is 4.79 Å². The molecule has 0 atom stereocenters. The maximum atomic E-state index is 12.8. The zero-order chi connectivity index (χ0) is 16.1. The van der Waals surface area contributed by atoms with Crippen LogP contribution < -0.4 is 0 Å². The van der Waals surface area contributed by atoms with Gasteiger partial charge in [-0.25, -0.2) is 0 Å². The van der Waals surface area contributed by atoms with Crippen molar-refractivity contribution in [2.45, 2.75) is 6.92 Å². The smallest absolute Gasteiger partial charge is 0.187 e. The highest BCUT2D eigenvalue weighted by atomic mass is 16.1. The highest BCUT2D eigenvalue weighted by molar-refractivity contribution is 6.14. The summed E-state index contributed by atoms with van der Waals surface area (Å²) >= 11 is 0. The molecule has 2 aromatic heterocycles. The van der Waals surface area contributed by atoms with Crippen LogP contribution in [0.4, 0.5) is 0 Å². The summed E-state index contributed by atoms with van der Waals surface area (Å²) in [4.78, 5) is 23.6. The van der Waals surface area contributed by atoms with Gasteiger partial charge in [-0.05, 0) is 43.0 Å². The van der Waals surface area contributed by atoms with E-state index in [1.54, 1.807) is 12.4 Å². The Labute approximate surface area is 136 Å². The van der Waals surface area contributed by atoms with Gasteiger partial charge in [0, 0.05) is 36.6 Å². The second-order valence-electron chi connectivity index (χ2n) is 5.48. The fraction of sp³-hybridized carbons (Fsp3) is 0.211. The quantitative estimate of drug-likeness (QED) is 0.818. The predicted octanol–water partition coefficient (Wildman–Crippen LogP) is 2.85. The van der Waals surface area contributed by atoms with E-state index in [1.807, 2.05) is 48.6 Å². The second kappa shape index (κ2) is 7.11. The van der Waals surface area contributed by atoms with Crippen LogP contribution in [0.3, 0.4) is 0 Å². The van der Waals surface area contributed by atoms with Crippen molar-refractivity contribution in [2.24, 2.45) is 0 Å². The molecule has 0 saturated carbocycles. The summed E-state index contributed by atoms with van der Waals surface area (Å²) in [5.41, 5.74) is 3.18. The maximum Gasteiger partial charge on any atom is 0.187 e. The first-order valence-corrected chi connectivity index (χ1v) is 7.76. The van der Waals surface area contributed by atoms with Crippen LogP contribution in [0.1, 0.15) is 18.3 Å². The second-order valence-corrected chi connectivity index (χ2v) is 5.48. The molecule has 4 heteroatoms. The van der Waals surface area contributed by atoms with E-state index in [2.05, 4.69) is 21.8 Å². The summed E-state index contributed by atoms with van der Waals surface area (Å²) in [5.74, 6) is 0.0889. The van der Waals surface area contributed by atoms with Crippen LogP contribution in [0.25, 0.3) is 12.2 Å². The molecule has 1 aliphatic heterocycles. The molecular formula is C19H19N3O. The van der Waals surface area contributed by atoms with E-state index in [0.717, 1.165) is 29.1 Å². The van der Waals surface area contributed by atoms with Gasteiger partial charge < -0.3 is 0 Å². The molecule has 116 valence electrons. The number of piperidine rings is 1. The Bertz CT molecular complexity index is 674. The summed E-state index contributed by atoms with van der Waals surface area (Å²) in [7, 11) is 0. The summed E-state index contributed by atoms with van der Waals surface area (Å²) in [6, 6.07) is 11.4. The van der Waals surface area contributed by atoms with E-state index >= 15 is 0 Å². The fourth-order valence-corrected chi connectivity index (χ4v) is 2.61. The number of likely N-dealkylation sites (N-methyl/N-ethyl adjacent to an activating group) is 1. The van der Waals surface area contributed by atoms with Gasteiger partial charge in [0.2, 0.25) is 0 Å². The van der Waals surface area contributed by atoms with E-state index in [1.165, 1.54) is 0 Å². The average Bonchev–Trinajstić information content (AvgIpc) is 2.60. The molecule has 0 unspecified atom stereocenters. The number of nitrogens with zero attached hydrogens (tertiary/aromatic N) is 3. The number of aromatic nitrogens is 2. The molecule has 0 N–H and O–H groups in total. The van der Waals surface area contributed by atoms with Gasteiger partial charge in [0.05, 0.1) is 11.4 Å². The summed E-state index contributed by atoms with van der Waals surface area (Å²) in [6.07, 6.45) is 7.25. The fourth-order valence-electron chi connectivity index (χ4n) is 2.61. The van der Waals surface area contributed by atoms with Crippen molar-refractivity contribution in [1.82, 2.24) is 14.9 Å². The van der Waals surface area contributed by atoms with Gasteiger partial charge >= 0.3 is 0 Å². The number of ketones is 1. The molecule has 3 heterocycles. The lowest BCUT2D eigenvalue weighted by atomic mass is 9.96. The van der Waals surface area contributed by atoms with Crippen LogP contribution in [0.2, 0.25) is 0 Å². The van der Waals surface area contributed by atoms with Crippen LogP contribution >= 0.6 is 0 Å². The topological polar surface area (TPSA) is 46.1 Å². The SMILES string of the molecule is CCN1C/C(=C\c2ccccn2)C(=O)/C(=C/c2ccccn2)C1. The van der Waals surface area contributed by atoms with E-state index in [0.29, 0.717) is 13.1 Å². The molecule has 0 amide bonds. The first kappa shape index (κ1) is 15.3. The highest BCUT2D eigenvalue weighted by Crippen LogP contribution is 2.20. The van der Waals surface area contributed by atoms with Crippen molar-refractivity contribution >= 4 is 17.9 Å². The Morgan fingerprint density at radius 2 is 1.48 bits per heavy atom. The number of hydrogen-bond acceptors (Lipinski definition) is 4. The molecule has 23 heavy (non-hydrogen) atoms. The number of likely N-dealkylation sites (tertiary alicyclic amines) is 1. The largest absolute Gasteiger partial charge is 0.295 e. The molecule has 0 spiro atoms. The van der Waals surface area contributed by atoms with Gasteiger partial charge in [-0.2, -0.15) is 0 Å². The number of pyridine rings is 2. The molecule has 1 aliphatic rings. The number of hydrogen-bond donors (Lipinski definition) is 0. The molecule has 0 aliphatic carbocycles. The van der Waals surface area contributed by atoms with Crippen LogP contribution in [0, 0.1) is 0 Å². The lowest BCUT2D eigenvalue weighted by molar-refractivity contribution is -0.113. The predicted molar refractivity (Wildman–Crippen MR) is 91.5 cm³/mol. The van der Waals surface area contributed by atoms with Crippen LogP contribution in [0.15, 0.2) is 59.9 Å². The molecule has 0 radical (unpaired) electrons. The zero-order valence-corrected chi connectivity index (χ0v) is 13.1. The average molecular weight is 305 g/mol. The standard InChI is InChI=1S/C19H19N3O/c1-2-22-13-15(11-17-7-3-5-9-20-17)19(23)16(14-22)12-18-8-4-6-10-21-18/h3-12H,2,13-14H2,1H3/b15-11+,16-12+. The highest BCUT2D eigenvalue weighted by Gasteiger charge is 2.25. The Balaban J connectivity index is 1.94. The Morgan fingerprint density at radius 3 is 1.87 bits per heavy atom. The Kier molecular flexibility index (Phi) is 4.74. The van der Waals surface area contributed by atoms with Crippen LogP contribution in [-0.4, -0.2) is 40.3 Å². The molecule has 3 rings (SSSR count). The third-order valence-corrected chi connectivity index (χ3v) is 3.84. The minimum atomic E-state index is 0.0889. The summed E-state index contributed by atoms with van der Waals surface area (Å²) in [6.45, 7) is 4.32. The van der Waals surface area contributed by atoms with Crippen molar-refractivity contribution in [3.05, 3.63) is 71.3 Å². The third-order valence-electron chi connectivity index (χ3n) is 3.84. The lowest BCUT2D eigenvalue weighted by Gasteiger charge is -2.28. The molecule has 1 saturated heterocycles. The first-order chi connectivity index (χ1) is 11.3. The number of rotatable bonds is 3. The normalized spacial score (nSPS) is 19.4. The Hall–Kier alpha value is -2.59. The molecule has 1 fully saturated rings. The zero-order valence-electron chi connectivity index (χ0n) is 13.1. The van der Waals surface area contributed by atoms with Crippen LogP contribution in [0.5, 0.6) is 0 Å². The van der Waals surface area contributed by atoms with Crippen molar-refractivity contribution in [3.8, 4) is 0 Å². The molecular weight excluding hydrogens is 286 g/mol. The van der Waals surface area contributed by atoms with E-state index < -0.39 is 0 Å². The number of carbonyl (C=O) groups excluding carboxylic acids is 1.